The summed E-state index contributed by atoms with van der Waals surface area (Å²) in [6.45, 7) is 3.59. The van der Waals surface area contributed by atoms with Gasteiger partial charge in [0.25, 0.3) is 5.91 Å². The quantitative estimate of drug-likeness (QED) is 0.802. The molecule has 152 valence electrons. The van der Waals surface area contributed by atoms with Gasteiger partial charge in [-0.2, -0.15) is 0 Å². The van der Waals surface area contributed by atoms with E-state index < -0.39 is 5.91 Å². The van der Waals surface area contributed by atoms with Gasteiger partial charge in [0.1, 0.15) is 11.7 Å². The number of nitrogens with two attached hydrogens (primary N) is 1. The number of carbonyl (C=O) groups is 2. The normalized spacial score (nSPS) is 20.1. The lowest BCUT2D eigenvalue weighted by molar-refractivity contribution is -0.182. The molecule has 4 rings (SSSR count). The van der Waals surface area contributed by atoms with E-state index in [1.807, 2.05) is 11.8 Å². The summed E-state index contributed by atoms with van der Waals surface area (Å²) in [5.74, 6) is -0.307. The van der Waals surface area contributed by atoms with Crippen molar-refractivity contribution in [1.29, 1.82) is 0 Å². The van der Waals surface area contributed by atoms with Gasteiger partial charge < -0.3 is 10.6 Å². The number of hydrogen-bond donors (Lipinski definition) is 1. The summed E-state index contributed by atoms with van der Waals surface area (Å²) in [4.78, 5) is 49.1. The molecule has 1 atom stereocenters. The highest BCUT2D eigenvalue weighted by molar-refractivity contribution is 5.90. The first-order chi connectivity index (χ1) is 14.0. The Kier molecular flexibility index (Phi) is 5.34. The lowest BCUT2D eigenvalue weighted by Crippen LogP contribution is -2.42. The minimum atomic E-state index is -0.588. The van der Waals surface area contributed by atoms with Crippen LogP contribution < -0.4 is 10.6 Å². The maximum absolute atomic E-state index is 13.1. The fourth-order valence-electron chi connectivity index (χ4n) is 3.67. The number of aromatic nitrogens is 4. The summed E-state index contributed by atoms with van der Waals surface area (Å²) >= 11 is 0. The smallest absolute Gasteiger partial charge is 0.267 e. The topological polar surface area (TPSA) is 127 Å². The minimum Gasteiger partial charge on any atom is -0.364 e. The Morgan fingerprint density at radius 1 is 1.14 bits per heavy atom. The molecule has 0 radical (unpaired) electrons. The monoisotopic (exact) mass is 397 g/mol. The van der Waals surface area contributed by atoms with Crippen LogP contribution in [0.15, 0.2) is 24.7 Å². The number of primary amides is 1. The summed E-state index contributed by atoms with van der Waals surface area (Å²) in [5.41, 5.74) is 7.05. The molecule has 2 N–H and O–H groups in total. The lowest BCUT2D eigenvalue weighted by atomic mass is 9.95. The molecule has 2 aliphatic rings. The van der Waals surface area contributed by atoms with Gasteiger partial charge in [0.2, 0.25) is 11.9 Å². The SMILES string of the molecule is Cc1cnc([C@@H]2CCON2C(=O)C2CCN(c3nccc(C(N)=O)n3)CC2)cn1. The summed E-state index contributed by atoms with van der Waals surface area (Å²) < 4.78 is 0. The molecule has 2 saturated heterocycles. The molecule has 10 heteroatoms. The Morgan fingerprint density at radius 3 is 2.62 bits per heavy atom. The second kappa shape index (κ2) is 8.08. The molecule has 29 heavy (non-hydrogen) atoms. The van der Waals surface area contributed by atoms with E-state index in [0.29, 0.717) is 44.9 Å². The van der Waals surface area contributed by atoms with Crippen LogP contribution in [0.5, 0.6) is 0 Å². The minimum absolute atomic E-state index is 0.0265. The Bertz CT molecular complexity index is 897. The molecule has 10 nitrogen and oxygen atoms in total. The molecular weight excluding hydrogens is 374 g/mol. The van der Waals surface area contributed by atoms with Crippen molar-refractivity contribution >= 4 is 17.8 Å². The van der Waals surface area contributed by atoms with Gasteiger partial charge in [0.15, 0.2) is 0 Å². The molecule has 0 aliphatic carbocycles. The van der Waals surface area contributed by atoms with Crippen LogP contribution in [0.4, 0.5) is 5.95 Å². The number of amides is 2. The lowest BCUT2D eigenvalue weighted by Gasteiger charge is -2.33. The number of nitrogens with zero attached hydrogens (tertiary/aromatic N) is 6. The summed E-state index contributed by atoms with van der Waals surface area (Å²) in [6.07, 6.45) is 6.93. The largest absolute Gasteiger partial charge is 0.364 e. The maximum atomic E-state index is 13.1. The third kappa shape index (κ3) is 4.02. The molecule has 2 fully saturated rings. The zero-order valence-electron chi connectivity index (χ0n) is 16.2. The van der Waals surface area contributed by atoms with Crippen molar-refractivity contribution in [1.82, 2.24) is 25.0 Å². The molecule has 0 aromatic carbocycles. The zero-order valence-corrected chi connectivity index (χ0v) is 16.2. The van der Waals surface area contributed by atoms with E-state index in [4.69, 9.17) is 10.6 Å². The van der Waals surface area contributed by atoms with Gasteiger partial charge >= 0.3 is 0 Å². The molecule has 4 heterocycles. The van der Waals surface area contributed by atoms with Gasteiger partial charge in [-0.25, -0.2) is 15.0 Å². The van der Waals surface area contributed by atoms with E-state index in [1.54, 1.807) is 12.4 Å². The third-order valence-corrected chi connectivity index (χ3v) is 5.29. The van der Waals surface area contributed by atoms with E-state index >= 15 is 0 Å². The van der Waals surface area contributed by atoms with Crippen molar-refractivity contribution in [2.24, 2.45) is 11.7 Å². The van der Waals surface area contributed by atoms with Gasteiger partial charge in [-0.15, -0.1) is 0 Å². The van der Waals surface area contributed by atoms with Crippen molar-refractivity contribution in [3.05, 3.63) is 41.7 Å². The fraction of sp³-hybridized carbons (Fsp3) is 0.474. The number of hydrogen-bond acceptors (Lipinski definition) is 8. The van der Waals surface area contributed by atoms with E-state index in [9.17, 15) is 9.59 Å². The van der Waals surface area contributed by atoms with Gasteiger partial charge in [-0.3, -0.25) is 24.4 Å². The van der Waals surface area contributed by atoms with Gasteiger partial charge in [0.05, 0.1) is 24.2 Å². The molecule has 2 aromatic rings. The highest BCUT2D eigenvalue weighted by Gasteiger charge is 2.38. The highest BCUT2D eigenvalue weighted by Crippen LogP contribution is 2.32. The van der Waals surface area contributed by atoms with Gasteiger partial charge in [-0.1, -0.05) is 0 Å². The predicted octanol–water partition coefficient (Wildman–Crippen LogP) is 0.796. The standard InChI is InChI=1S/C19H23N7O3/c1-12-10-23-15(11-22-12)16-5-9-29-26(16)18(28)13-3-7-25(8-4-13)19-21-6-2-14(24-19)17(20)27/h2,6,10-11,13,16H,3-5,7-9H2,1H3,(H2,20,27)/t16-/m0/s1. The predicted molar refractivity (Wildman–Crippen MR) is 102 cm³/mol. The Hall–Kier alpha value is -3.14. The number of rotatable bonds is 4. The number of carbonyl (C=O) groups excluding carboxylic acids is 2. The third-order valence-electron chi connectivity index (χ3n) is 5.29. The summed E-state index contributed by atoms with van der Waals surface area (Å²) in [5, 5.41) is 1.48. The molecule has 0 saturated carbocycles. The van der Waals surface area contributed by atoms with Gasteiger partial charge in [-0.05, 0) is 25.8 Å². The summed E-state index contributed by atoms with van der Waals surface area (Å²) in [7, 11) is 0. The van der Waals surface area contributed by atoms with E-state index in [0.717, 1.165) is 11.4 Å². The maximum Gasteiger partial charge on any atom is 0.267 e. The van der Waals surface area contributed by atoms with Crippen molar-refractivity contribution in [2.75, 3.05) is 24.6 Å². The molecule has 0 unspecified atom stereocenters. The molecule has 0 bridgehead atoms. The molecular formula is C19H23N7O3. The second-order valence-electron chi connectivity index (χ2n) is 7.25. The molecule has 2 aromatic heterocycles. The van der Waals surface area contributed by atoms with E-state index in [1.165, 1.54) is 17.3 Å². The van der Waals surface area contributed by atoms with Crippen molar-refractivity contribution in [3.8, 4) is 0 Å². The summed E-state index contributed by atoms with van der Waals surface area (Å²) in [6, 6.07) is 1.28. The van der Waals surface area contributed by atoms with E-state index in [-0.39, 0.29) is 23.6 Å². The first-order valence-electron chi connectivity index (χ1n) is 9.65. The van der Waals surface area contributed by atoms with Gasteiger partial charge in [0, 0.05) is 37.8 Å². The number of piperidine rings is 1. The zero-order chi connectivity index (χ0) is 20.4. The first kappa shape index (κ1) is 19.2. The van der Waals surface area contributed by atoms with Crippen LogP contribution in [0.2, 0.25) is 0 Å². The second-order valence-corrected chi connectivity index (χ2v) is 7.25. The van der Waals surface area contributed by atoms with Crippen LogP contribution in [0.25, 0.3) is 0 Å². The Balaban J connectivity index is 1.40. The van der Waals surface area contributed by atoms with Crippen LogP contribution in [0, 0.1) is 12.8 Å². The van der Waals surface area contributed by atoms with Crippen LogP contribution in [-0.2, 0) is 9.63 Å². The average molecular weight is 397 g/mol. The fourth-order valence-corrected chi connectivity index (χ4v) is 3.67. The highest BCUT2D eigenvalue weighted by atomic mass is 16.7. The van der Waals surface area contributed by atoms with Crippen molar-refractivity contribution in [2.45, 2.75) is 32.2 Å². The van der Waals surface area contributed by atoms with Crippen LogP contribution in [-0.4, -0.2) is 56.5 Å². The van der Waals surface area contributed by atoms with Crippen molar-refractivity contribution < 1.29 is 14.4 Å². The van der Waals surface area contributed by atoms with Crippen LogP contribution >= 0.6 is 0 Å². The Morgan fingerprint density at radius 2 is 1.93 bits per heavy atom. The Labute approximate surface area is 168 Å². The number of hydroxylamine groups is 2. The molecule has 2 aliphatic heterocycles. The van der Waals surface area contributed by atoms with Crippen molar-refractivity contribution in [3.63, 3.8) is 0 Å². The first-order valence-corrected chi connectivity index (χ1v) is 9.65. The van der Waals surface area contributed by atoms with Crippen LogP contribution in [0.3, 0.4) is 0 Å². The average Bonchev–Trinajstić information content (AvgIpc) is 3.24. The molecule has 2 amide bonds. The van der Waals surface area contributed by atoms with Crippen LogP contribution in [0.1, 0.15) is 47.2 Å². The number of anilines is 1. The molecule has 0 spiro atoms. The van der Waals surface area contributed by atoms with E-state index in [2.05, 4.69) is 19.9 Å². The number of aryl methyl sites for hydroxylation is 1.